The third-order valence-corrected chi connectivity index (χ3v) is 6.17. The monoisotopic (exact) mass is 293 g/mol. The third kappa shape index (κ3) is 1.36. The maximum Gasteiger partial charge on any atom is 0.312 e. The number of fused-ring (bicyclic) bond motifs is 5. The van der Waals surface area contributed by atoms with E-state index in [0.29, 0.717) is 6.42 Å². The first-order valence-corrected chi connectivity index (χ1v) is 7.39. The predicted molar refractivity (Wildman–Crippen MR) is 69.8 cm³/mol. The lowest BCUT2D eigenvalue weighted by atomic mass is 9.87. The van der Waals surface area contributed by atoms with Crippen molar-refractivity contribution >= 4 is 17.8 Å². The summed E-state index contributed by atoms with van der Waals surface area (Å²) in [6.45, 7) is 1.55. The molecular weight excluding hydrogens is 274 g/mol. The third-order valence-electron chi connectivity index (χ3n) is 6.17. The van der Waals surface area contributed by atoms with Gasteiger partial charge in [-0.3, -0.25) is 14.4 Å². The van der Waals surface area contributed by atoms with Gasteiger partial charge in [0, 0.05) is 6.92 Å². The number of esters is 2. The lowest BCUT2D eigenvalue weighted by molar-refractivity contribution is -0.153. The Morgan fingerprint density at radius 1 is 0.952 bits per heavy atom. The first-order chi connectivity index (χ1) is 9.93. The maximum absolute atomic E-state index is 12.3. The van der Waals surface area contributed by atoms with Crippen molar-refractivity contribution in [3.8, 4) is 0 Å². The minimum Gasteiger partial charge on any atom is -0.469 e. The Morgan fingerprint density at radius 2 is 1.38 bits per heavy atom. The fourth-order valence-electron chi connectivity index (χ4n) is 5.10. The molecule has 6 atom stereocenters. The van der Waals surface area contributed by atoms with Crippen LogP contribution in [0.25, 0.3) is 0 Å². The largest absolute Gasteiger partial charge is 0.469 e. The molecule has 0 unspecified atom stereocenters. The molecule has 4 fully saturated rings. The van der Waals surface area contributed by atoms with Gasteiger partial charge < -0.3 is 14.4 Å². The minimum atomic E-state index is -0.582. The molecule has 6 heteroatoms. The SMILES string of the molecule is COC(=O)[C@@]12C[C@@H]1[C@H]1[C@@H]([C@@H]3C[C@]3(C(=O)OC)C2)N1C(C)=O. The summed E-state index contributed by atoms with van der Waals surface area (Å²) in [5, 5.41) is 0. The van der Waals surface area contributed by atoms with Gasteiger partial charge >= 0.3 is 11.9 Å². The minimum absolute atomic E-state index is 0.0308. The van der Waals surface area contributed by atoms with Crippen molar-refractivity contribution in [2.24, 2.45) is 22.7 Å². The average Bonchev–Trinajstić information content (AvgIpc) is 3.30. The predicted octanol–water partition coefficient (Wildman–Crippen LogP) is 0.348. The van der Waals surface area contributed by atoms with Gasteiger partial charge in [-0.25, -0.2) is 0 Å². The van der Waals surface area contributed by atoms with Crippen molar-refractivity contribution in [1.29, 1.82) is 0 Å². The van der Waals surface area contributed by atoms with E-state index in [1.165, 1.54) is 14.2 Å². The summed E-state index contributed by atoms with van der Waals surface area (Å²) in [6, 6.07) is 0.223. The molecule has 4 aliphatic rings. The normalized spacial score (nSPS) is 48.0. The van der Waals surface area contributed by atoms with Crippen molar-refractivity contribution in [3.63, 3.8) is 0 Å². The molecule has 0 aromatic heterocycles. The summed E-state index contributed by atoms with van der Waals surface area (Å²) in [4.78, 5) is 38.2. The van der Waals surface area contributed by atoms with Crippen LogP contribution < -0.4 is 0 Å². The van der Waals surface area contributed by atoms with Gasteiger partial charge in [-0.2, -0.15) is 0 Å². The molecule has 0 bridgehead atoms. The van der Waals surface area contributed by atoms with Crippen LogP contribution in [0, 0.1) is 22.7 Å². The molecule has 0 radical (unpaired) electrons. The molecule has 0 aromatic rings. The molecule has 1 heterocycles. The summed E-state index contributed by atoms with van der Waals surface area (Å²) < 4.78 is 9.97. The van der Waals surface area contributed by atoms with Gasteiger partial charge in [-0.1, -0.05) is 0 Å². The number of methoxy groups -OCH3 is 2. The molecule has 1 aliphatic heterocycles. The van der Waals surface area contributed by atoms with E-state index in [0.717, 1.165) is 12.8 Å². The summed E-state index contributed by atoms with van der Waals surface area (Å²) in [5.41, 5.74) is -1.16. The van der Waals surface area contributed by atoms with Gasteiger partial charge in [-0.15, -0.1) is 0 Å². The second-order valence-corrected chi connectivity index (χ2v) is 7.00. The molecular formula is C15H19NO5. The van der Waals surface area contributed by atoms with Crippen LogP contribution in [0.3, 0.4) is 0 Å². The summed E-state index contributed by atoms with van der Waals surface area (Å²) >= 11 is 0. The van der Waals surface area contributed by atoms with E-state index in [9.17, 15) is 14.4 Å². The number of hydrogen-bond donors (Lipinski definition) is 0. The van der Waals surface area contributed by atoms with Crippen LogP contribution in [0.1, 0.15) is 26.2 Å². The highest BCUT2D eigenvalue weighted by Crippen LogP contribution is 2.78. The number of rotatable bonds is 2. The van der Waals surface area contributed by atoms with Crippen LogP contribution in [0.4, 0.5) is 0 Å². The zero-order valence-corrected chi connectivity index (χ0v) is 12.4. The number of carbonyl (C=O) groups is 3. The van der Waals surface area contributed by atoms with Crippen LogP contribution in [-0.2, 0) is 23.9 Å². The van der Waals surface area contributed by atoms with Gasteiger partial charge in [0.1, 0.15) is 0 Å². The van der Waals surface area contributed by atoms with Crippen molar-refractivity contribution < 1.29 is 23.9 Å². The van der Waals surface area contributed by atoms with E-state index in [2.05, 4.69) is 0 Å². The number of likely N-dealkylation sites (tertiary alicyclic amines) is 1. The zero-order chi connectivity index (χ0) is 15.2. The highest BCUT2D eigenvalue weighted by atomic mass is 16.5. The van der Waals surface area contributed by atoms with Gasteiger partial charge in [0.05, 0.1) is 37.1 Å². The Bertz CT molecular complexity index is 532. The Hall–Kier alpha value is -1.59. The van der Waals surface area contributed by atoms with Crippen molar-refractivity contribution in [3.05, 3.63) is 0 Å². The molecule has 1 saturated heterocycles. The highest BCUT2D eigenvalue weighted by molar-refractivity contribution is 5.88. The number of carbonyl (C=O) groups excluding carboxylic acids is 3. The lowest BCUT2D eigenvalue weighted by Crippen LogP contribution is -2.31. The Balaban J connectivity index is 1.72. The van der Waals surface area contributed by atoms with Crippen molar-refractivity contribution in [2.45, 2.75) is 38.3 Å². The lowest BCUT2D eigenvalue weighted by Gasteiger charge is -2.21. The fraction of sp³-hybridized carbons (Fsp3) is 0.800. The zero-order valence-electron chi connectivity index (χ0n) is 12.4. The molecule has 0 N–H and O–H groups in total. The first-order valence-electron chi connectivity index (χ1n) is 7.39. The molecule has 3 saturated carbocycles. The summed E-state index contributed by atoms with van der Waals surface area (Å²) in [6.07, 6.45) is 1.96. The van der Waals surface area contributed by atoms with E-state index >= 15 is 0 Å². The van der Waals surface area contributed by atoms with E-state index in [-0.39, 0.29) is 41.8 Å². The summed E-state index contributed by atoms with van der Waals surface area (Å²) in [5.74, 6) is -0.153. The molecule has 114 valence electrons. The van der Waals surface area contributed by atoms with Crippen LogP contribution in [0.5, 0.6) is 0 Å². The smallest absolute Gasteiger partial charge is 0.312 e. The number of nitrogens with zero attached hydrogens (tertiary/aromatic N) is 1. The van der Waals surface area contributed by atoms with Crippen LogP contribution in [0.15, 0.2) is 0 Å². The standard InChI is InChI=1S/C15H19NO5/c1-7(17)16-10-8-4-14(8,12(18)20-2)6-15(13(19)21-3)5-9(15)11(10)16/h8-11H,4-6H2,1-3H3/t8-,9+,10+,11-,14-,15+,16?. The molecule has 6 nitrogen and oxygen atoms in total. The van der Waals surface area contributed by atoms with Crippen LogP contribution in [-0.4, -0.2) is 49.0 Å². The Labute approximate surface area is 122 Å². The van der Waals surface area contributed by atoms with Gasteiger partial charge in [0.2, 0.25) is 5.91 Å². The van der Waals surface area contributed by atoms with Gasteiger partial charge in [-0.05, 0) is 31.1 Å². The first kappa shape index (κ1) is 13.1. The Morgan fingerprint density at radius 3 is 1.71 bits per heavy atom. The highest BCUT2D eigenvalue weighted by Gasteiger charge is 2.84. The second kappa shape index (κ2) is 3.59. The van der Waals surface area contributed by atoms with Crippen molar-refractivity contribution in [2.75, 3.05) is 14.2 Å². The molecule has 1 amide bonds. The van der Waals surface area contributed by atoms with Crippen molar-refractivity contribution in [1.82, 2.24) is 4.90 Å². The fourth-order valence-corrected chi connectivity index (χ4v) is 5.10. The topological polar surface area (TPSA) is 72.7 Å². The molecule has 4 rings (SSSR count). The van der Waals surface area contributed by atoms with Crippen LogP contribution >= 0.6 is 0 Å². The van der Waals surface area contributed by atoms with Gasteiger partial charge in [0.15, 0.2) is 0 Å². The van der Waals surface area contributed by atoms with E-state index in [4.69, 9.17) is 9.47 Å². The van der Waals surface area contributed by atoms with E-state index in [1.807, 2.05) is 4.90 Å². The molecule has 3 aliphatic carbocycles. The number of ether oxygens (including phenoxy) is 2. The molecule has 0 aromatic carbocycles. The van der Waals surface area contributed by atoms with Gasteiger partial charge in [0.25, 0.3) is 0 Å². The molecule has 0 spiro atoms. The second-order valence-electron chi connectivity index (χ2n) is 7.00. The Kier molecular flexibility index (Phi) is 2.24. The average molecular weight is 293 g/mol. The quantitative estimate of drug-likeness (QED) is 0.542. The van der Waals surface area contributed by atoms with E-state index < -0.39 is 10.8 Å². The maximum atomic E-state index is 12.3. The van der Waals surface area contributed by atoms with E-state index in [1.54, 1.807) is 6.92 Å². The number of amides is 1. The van der Waals surface area contributed by atoms with Crippen LogP contribution in [0.2, 0.25) is 0 Å². The number of hydrogen-bond acceptors (Lipinski definition) is 5. The summed E-state index contributed by atoms with van der Waals surface area (Å²) in [7, 11) is 2.78. The molecule has 21 heavy (non-hydrogen) atoms.